The average molecular weight is 434 g/mol. The van der Waals surface area contributed by atoms with E-state index < -0.39 is 6.04 Å². The summed E-state index contributed by atoms with van der Waals surface area (Å²) < 4.78 is 11.0. The molecule has 3 aromatic carbocycles. The first kappa shape index (κ1) is 20.6. The number of aromatic nitrogens is 2. The number of carbonyl (C=O) groups is 1. The SMILES string of the molecule is O=C(COc1ccc(Cl)cc1)NC(Cc1ccccc1)c1nc(-c2ccccc2)no1. The second-order valence-electron chi connectivity index (χ2n) is 6.87. The van der Waals surface area contributed by atoms with Crippen LogP contribution in [0.3, 0.4) is 0 Å². The van der Waals surface area contributed by atoms with E-state index in [0.29, 0.717) is 28.9 Å². The number of carbonyl (C=O) groups excluding carboxylic acids is 1. The minimum atomic E-state index is -0.492. The predicted octanol–water partition coefficient (Wildman–Crippen LogP) is 4.87. The lowest BCUT2D eigenvalue weighted by Gasteiger charge is -2.15. The molecule has 1 unspecified atom stereocenters. The van der Waals surface area contributed by atoms with Crippen LogP contribution in [0.25, 0.3) is 11.4 Å². The highest BCUT2D eigenvalue weighted by molar-refractivity contribution is 6.30. The summed E-state index contributed by atoms with van der Waals surface area (Å²) >= 11 is 5.88. The maximum atomic E-state index is 12.6. The lowest BCUT2D eigenvalue weighted by atomic mass is 10.1. The molecule has 1 N–H and O–H groups in total. The van der Waals surface area contributed by atoms with Gasteiger partial charge in [-0.2, -0.15) is 4.98 Å². The Morgan fingerprint density at radius 2 is 1.65 bits per heavy atom. The van der Waals surface area contributed by atoms with Crippen LogP contribution in [0.5, 0.6) is 5.75 Å². The molecule has 0 spiro atoms. The Morgan fingerprint density at radius 3 is 2.35 bits per heavy atom. The van der Waals surface area contributed by atoms with Gasteiger partial charge in [-0.25, -0.2) is 0 Å². The Labute approximate surface area is 184 Å². The molecule has 1 amide bonds. The van der Waals surface area contributed by atoms with Crippen LogP contribution in [0, 0.1) is 0 Å². The average Bonchev–Trinajstić information content (AvgIpc) is 3.30. The molecule has 4 rings (SSSR count). The van der Waals surface area contributed by atoms with Crippen molar-refractivity contribution < 1.29 is 14.1 Å². The Hall–Kier alpha value is -3.64. The minimum Gasteiger partial charge on any atom is -0.484 e. The molecule has 0 aliphatic carbocycles. The van der Waals surface area contributed by atoms with E-state index in [2.05, 4.69) is 15.5 Å². The van der Waals surface area contributed by atoms with E-state index in [-0.39, 0.29) is 12.5 Å². The Balaban J connectivity index is 1.48. The number of nitrogens with zero attached hydrogens (tertiary/aromatic N) is 2. The molecule has 6 nitrogen and oxygen atoms in total. The van der Waals surface area contributed by atoms with Gasteiger partial charge in [-0.3, -0.25) is 4.79 Å². The number of nitrogens with one attached hydrogen (secondary N) is 1. The largest absolute Gasteiger partial charge is 0.484 e. The van der Waals surface area contributed by atoms with E-state index in [9.17, 15) is 4.79 Å². The summed E-state index contributed by atoms with van der Waals surface area (Å²) in [6, 6.07) is 25.7. The maximum absolute atomic E-state index is 12.6. The molecular formula is C24H20ClN3O3. The molecule has 0 saturated heterocycles. The third kappa shape index (κ3) is 5.71. The summed E-state index contributed by atoms with van der Waals surface area (Å²) in [6.07, 6.45) is 0.504. The highest BCUT2D eigenvalue weighted by Gasteiger charge is 2.22. The quantitative estimate of drug-likeness (QED) is 0.429. The van der Waals surface area contributed by atoms with E-state index in [1.54, 1.807) is 24.3 Å². The van der Waals surface area contributed by atoms with Crippen LogP contribution in [-0.2, 0) is 11.2 Å². The third-order valence-corrected chi connectivity index (χ3v) is 4.83. The molecule has 1 heterocycles. The number of rotatable bonds is 8. The van der Waals surface area contributed by atoms with E-state index in [1.807, 2.05) is 60.7 Å². The lowest BCUT2D eigenvalue weighted by Crippen LogP contribution is -2.34. The van der Waals surface area contributed by atoms with E-state index in [0.717, 1.165) is 11.1 Å². The fourth-order valence-corrected chi connectivity index (χ4v) is 3.17. The Morgan fingerprint density at radius 1 is 0.968 bits per heavy atom. The molecule has 0 aliphatic heterocycles. The highest BCUT2D eigenvalue weighted by atomic mass is 35.5. The van der Waals surface area contributed by atoms with Crippen molar-refractivity contribution in [1.29, 1.82) is 0 Å². The van der Waals surface area contributed by atoms with Crippen LogP contribution < -0.4 is 10.1 Å². The van der Waals surface area contributed by atoms with Crippen LogP contribution >= 0.6 is 11.6 Å². The van der Waals surface area contributed by atoms with Gasteiger partial charge in [0.1, 0.15) is 11.8 Å². The van der Waals surface area contributed by atoms with Gasteiger partial charge in [0.15, 0.2) is 6.61 Å². The summed E-state index contributed by atoms with van der Waals surface area (Å²) in [6.45, 7) is -0.146. The van der Waals surface area contributed by atoms with Gasteiger partial charge < -0.3 is 14.6 Å². The molecule has 0 fully saturated rings. The molecule has 0 aliphatic rings. The zero-order chi connectivity index (χ0) is 21.5. The fraction of sp³-hybridized carbons (Fsp3) is 0.125. The minimum absolute atomic E-state index is 0.146. The normalized spacial score (nSPS) is 11.6. The van der Waals surface area contributed by atoms with Gasteiger partial charge in [0.05, 0.1) is 0 Å². The van der Waals surface area contributed by atoms with Gasteiger partial charge in [-0.05, 0) is 29.8 Å². The zero-order valence-corrected chi connectivity index (χ0v) is 17.3. The Kier molecular flexibility index (Phi) is 6.59. The van der Waals surface area contributed by atoms with Crippen molar-refractivity contribution in [2.24, 2.45) is 0 Å². The fourth-order valence-electron chi connectivity index (χ4n) is 3.05. The molecule has 7 heteroatoms. The van der Waals surface area contributed by atoms with Gasteiger partial charge in [0, 0.05) is 17.0 Å². The van der Waals surface area contributed by atoms with Crippen LogP contribution in [-0.4, -0.2) is 22.7 Å². The van der Waals surface area contributed by atoms with Gasteiger partial charge >= 0.3 is 0 Å². The van der Waals surface area contributed by atoms with Crippen molar-refractivity contribution in [1.82, 2.24) is 15.5 Å². The van der Waals surface area contributed by atoms with E-state index >= 15 is 0 Å². The molecule has 31 heavy (non-hydrogen) atoms. The topological polar surface area (TPSA) is 77.2 Å². The number of hydrogen-bond acceptors (Lipinski definition) is 5. The van der Waals surface area contributed by atoms with E-state index in [4.69, 9.17) is 20.9 Å². The molecule has 156 valence electrons. The standard InChI is InChI=1S/C24H20ClN3O3/c25-19-11-13-20(14-12-19)30-16-22(29)26-21(15-17-7-3-1-4-8-17)24-27-23(28-31-24)18-9-5-2-6-10-18/h1-14,21H,15-16H2,(H,26,29). The number of hydrogen-bond donors (Lipinski definition) is 1. The number of amides is 1. The van der Waals surface area contributed by atoms with Crippen molar-refractivity contribution in [2.75, 3.05) is 6.61 Å². The van der Waals surface area contributed by atoms with E-state index in [1.165, 1.54) is 0 Å². The van der Waals surface area contributed by atoms with Gasteiger partial charge in [-0.15, -0.1) is 0 Å². The molecule has 0 radical (unpaired) electrons. The van der Waals surface area contributed by atoms with Crippen molar-refractivity contribution in [3.05, 3.63) is 101 Å². The summed E-state index contributed by atoms with van der Waals surface area (Å²) in [7, 11) is 0. The third-order valence-electron chi connectivity index (χ3n) is 4.57. The molecule has 0 bridgehead atoms. The number of ether oxygens (including phenoxy) is 1. The summed E-state index contributed by atoms with van der Waals surface area (Å²) in [4.78, 5) is 17.1. The number of benzene rings is 3. The first-order chi connectivity index (χ1) is 15.2. The number of halogens is 1. The summed E-state index contributed by atoms with van der Waals surface area (Å²) in [5.74, 6) is 1.07. The summed E-state index contributed by atoms with van der Waals surface area (Å²) in [5, 5.41) is 7.62. The van der Waals surface area contributed by atoms with Gasteiger partial charge in [-0.1, -0.05) is 77.4 Å². The van der Waals surface area contributed by atoms with Crippen molar-refractivity contribution >= 4 is 17.5 Å². The van der Waals surface area contributed by atoms with Crippen LogP contribution in [0.4, 0.5) is 0 Å². The van der Waals surface area contributed by atoms with Crippen LogP contribution in [0.1, 0.15) is 17.5 Å². The highest BCUT2D eigenvalue weighted by Crippen LogP contribution is 2.22. The van der Waals surface area contributed by atoms with Crippen LogP contribution in [0.2, 0.25) is 5.02 Å². The molecule has 4 aromatic rings. The Bertz CT molecular complexity index is 1120. The van der Waals surface area contributed by atoms with Crippen molar-refractivity contribution in [3.8, 4) is 17.1 Å². The summed E-state index contributed by atoms with van der Waals surface area (Å²) in [5.41, 5.74) is 1.87. The van der Waals surface area contributed by atoms with Crippen molar-refractivity contribution in [2.45, 2.75) is 12.5 Å². The maximum Gasteiger partial charge on any atom is 0.258 e. The van der Waals surface area contributed by atoms with Gasteiger partial charge in [0.25, 0.3) is 5.91 Å². The first-order valence-corrected chi connectivity index (χ1v) is 10.2. The lowest BCUT2D eigenvalue weighted by molar-refractivity contribution is -0.124. The smallest absolute Gasteiger partial charge is 0.258 e. The molecule has 1 atom stereocenters. The first-order valence-electron chi connectivity index (χ1n) is 9.78. The van der Waals surface area contributed by atoms with Crippen LogP contribution in [0.15, 0.2) is 89.5 Å². The van der Waals surface area contributed by atoms with Gasteiger partial charge in [0.2, 0.25) is 11.7 Å². The molecule has 0 saturated carbocycles. The van der Waals surface area contributed by atoms with Crippen molar-refractivity contribution in [3.63, 3.8) is 0 Å². The monoisotopic (exact) mass is 433 g/mol. The zero-order valence-electron chi connectivity index (χ0n) is 16.6. The predicted molar refractivity (Wildman–Crippen MR) is 118 cm³/mol. The second-order valence-corrected chi connectivity index (χ2v) is 7.31. The second kappa shape index (κ2) is 9.91. The molecular weight excluding hydrogens is 414 g/mol. The molecule has 1 aromatic heterocycles.